The van der Waals surface area contributed by atoms with Crippen LogP contribution in [0.4, 0.5) is 4.39 Å². The van der Waals surface area contributed by atoms with Crippen LogP contribution in [0.25, 0.3) is 0 Å². The number of aliphatic hydroxyl groups is 1. The van der Waals surface area contributed by atoms with Crippen LogP contribution in [0.3, 0.4) is 0 Å². The summed E-state index contributed by atoms with van der Waals surface area (Å²) in [4.78, 5) is 0. The second-order valence-electron chi connectivity index (χ2n) is 3.65. The van der Waals surface area contributed by atoms with E-state index in [0.29, 0.717) is 5.75 Å². The standard InChI is InChI=1S/C12H18FNO2S/c1-16-12-4-3-9(7-10(12)13)11(14)8-17-6-2-5-15/h3-4,7,11,15H,2,5-6,8,14H2,1H3. The monoisotopic (exact) mass is 259 g/mol. The molecule has 0 bridgehead atoms. The van der Waals surface area contributed by atoms with Crippen LogP contribution in [0.15, 0.2) is 18.2 Å². The van der Waals surface area contributed by atoms with E-state index in [1.165, 1.54) is 13.2 Å². The smallest absolute Gasteiger partial charge is 0.165 e. The van der Waals surface area contributed by atoms with Crippen molar-refractivity contribution in [2.75, 3.05) is 25.2 Å². The SMILES string of the molecule is COc1ccc(C(N)CSCCCO)cc1F. The van der Waals surface area contributed by atoms with Crippen molar-refractivity contribution in [2.24, 2.45) is 5.73 Å². The van der Waals surface area contributed by atoms with E-state index >= 15 is 0 Å². The zero-order valence-corrected chi connectivity index (χ0v) is 10.7. The Bertz CT molecular complexity index is 349. The fourth-order valence-corrected chi connectivity index (χ4v) is 2.33. The van der Waals surface area contributed by atoms with Crippen LogP contribution in [-0.4, -0.2) is 30.3 Å². The Hall–Kier alpha value is -0.780. The molecule has 1 rings (SSSR count). The molecule has 0 saturated heterocycles. The molecule has 0 saturated carbocycles. The van der Waals surface area contributed by atoms with E-state index in [9.17, 15) is 4.39 Å². The Morgan fingerprint density at radius 1 is 1.53 bits per heavy atom. The molecular formula is C12H18FNO2S. The molecule has 1 aromatic carbocycles. The summed E-state index contributed by atoms with van der Waals surface area (Å²) in [5.74, 6) is 1.42. The number of rotatable bonds is 7. The number of methoxy groups -OCH3 is 1. The zero-order chi connectivity index (χ0) is 12.7. The number of aliphatic hydroxyl groups excluding tert-OH is 1. The van der Waals surface area contributed by atoms with Gasteiger partial charge < -0.3 is 15.6 Å². The van der Waals surface area contributed by atoms with Crippen molar-refractivity contribution < 1.29 is 14.2 Å². The van der Waals surface area contributed by atoms with Crippen molar-refractivity contribution in [3.63, 3.8) is 0 Å². The van der Waals surface area contributed by atoms with E-state index in [0.717, 1.165) is 17.7 Å². The highest BCUT2D eigenvalue weighted by Gasteiger charge is 2.09. The van der Waals surface area contributed by atoms with Crippen LogP contribution in [-0.2, 0) is 0 Å². The number of thioether (sulfide) groups is 1. The Kier molecular flexibility index (Phi) is 6.32. The molecule has 0 fully saturated rings. The maximum absolute atomic E-state index is 13.4. The number of halogens is 1. The molecule has 0 amide bonds. The van der Waals surface area contributed by atoms with Gasteiger partial charge in [-0.1, -0.05) is 6.07 Å². The summed E-state index contributed by atoms with van der Waals surface area (Å²) < 4.78 is 18.3. The van der Waals surface area contributed by atoms with Gasteiger partial charge in [0, 0.05) is 18.4 Å². The maximum Gasteiger partial charge on any atom is 0.165 e. The lowest BCUT2D eigenvalue weighted by Crippen LogP contribution is -2.13. The average Bonchev–Trinajstić information content (AvgIpc) is 2.34. The van der Waals surface area contributed by atoms with E-state index in [1.54, 1.807) is 23.9 Å². The molecule has 1 aromatic rings. The summed E-state index contributed by atoms with van der Waals surface area (Å²) in [6.07, 6.45) is 0.758. The molecule has 0 aliphatic carbocycles. The van der Waals surface area contributed by atoms with E-state index in [2.05, 4.69) is 0 Å². The van der Waals surface area contributed by atoms with Gasteiger partial charge in [-0.3, -0.25) is 0 Å². The molecule has 0 aromatic heterocycles. The zero-order valence-electron chi connectivity index (χ0n) is 9.86. The number of nitrogens with two attached hydrogens (primary N) is 1. The van der Waals surface area contributed by atoms with E-state index in [-0.39, 0.29) is 24.2 Å². The topological polar surface area (TPSA) is 55.5 Å². The molecule has 0 aliphatic heterocycles. The van der Waals surface area contributed by atoms with Crippen LogP contribution >= 0.6 is 11.8 Å². The molecule has 3 N–H and O–H groups in total. The first kappa shape index (κ1) is 14.3. The highest BCUT2D eigenvalue weighted by atomic mass is 32.2. The second-order valence-corrected chi connectivity index (χ2v) is 4.80. The van der Waals surface area contributed by atoms with Gasteiger partial charge in [0.2, 0.25) is 0 Å². The summed E-state index contributed by atoms with van der Waals surface area (Å²) in [7, 11) is 1.43. The van der Waals surface area contributed by atoms with Gasteiger partial charge in [-0.05, 0) is 29.9 Å². The molecule has 0 aliphatic rings. The Morgan fingerprint density at radius 3 is 2.88 bits per heavy atom. The van der Waals surface area contributed by atoms with Crippen LogP contribution < -0.4 is 10.5 Å². The summed E-state index contributed by atoms with van der Waals surface area (Å²) in [6, 6.07) is 4.58. The fraction of sp³-hybridized carbons (Fsp3) is 0.500. The molecule has 1 atom stereocenters. The lowest BCUT2D eigenvalue weighted by molar-refractivity contribution is 0.296. The molecule has 17 heavy (non-hydrogen) atoms. The molecule has 0 heterocycles. The van der Waals surface area contributed by atoms with Crippen molar-refractivity contribution in [1.82, 2.24) is 0 Å². The number of hydrogen-bond acceptors (Lipinski definition) is 4. The Balaban J connectivity index is 2.51. The van der Waals surface area contributed by atoms with E-state index in [4.69, 9.17) is 15.6 Å². The van der Waals surface area contributed by atoms with Crippen LogP contribution in [0.1, 0.15) is 18.0 Å². The van der Waals surface area contributed by atoms with Gasteiger partial charge in [-0.2, -0.15) is 11.8 Å². The predicted octanol–water partition coefficient (Wildman–Crippen LogP) is 1.95. The van der Waals surface area contributed by atoms with Crippen molar-refractivity contribution >= 4 is 11.8 Å². The average molecular weight is 259 g/mol. The minimum absolute atomic E-state index is 0.194. The molecule has 96 valence electrons. The highest BCUT2D eigenvalue weighted by molar-refractivity contribution is 7.99. The Morgan fingerprint density at radius 2 is 2.29 bits per heavy atom. The number of hydrogen-bond donors (Lipinski definition) is 2. The maximum atomic E-state index is 13.4. The van der Waals surface area contributed by atoms with E-state index < -0.39 is 0 Å². The van der Waals surface area contributed by atoms with Crippen molar-refractivity contribution in [3.8, 4) is 5.75 Å². The first-order valence-electron chi connectivity index (χ1n) is 5.46. The van der Waals surface area contributed by atoms with Gasteiger partial charge in [-0.15, -0.1) is 0 Å². The lowest BCUT2D eigenvalue weighted by Gasteiger charge is -2.12. The first-order chi connectivity index (χ1) is 8.19. The van der Waals surface area contributed by atoms with Gasteiger partial charge in [0.05, 0.1) is 7.11 Å². The quantitative estimate of drug-likeness (QED) is 0.735. The molecule has 5 heteroatoms. The van der Waals surface area contributed by atoms with E-state index in [1.807, 2.05) is 0 Å². The third-order valence-corrected chi connectivity index (χ3v) is 3.52. The largest absolute Gasteiger partial charge is 0.494 e. The van der Waals surface area contributed by atoms with Crippen molar-refractivity contribution in [3.05, 3.63) is 29.6 Å². The normalized spacial score (nSPS) is 12.5. The Labute approximate surface area is 105 Å². The van der Waals surface area contributed by atoms with Crippen molar-refractivity contribution in [2.45, 2.75) is 12.5 Å². The second kappa shape index (κ2) is 7.53. The third-order valence-electron chi connectivity index (χ3n) is 2.35. The van der Waals surface area contributed by atoms with Gasteiger partial charge in [0.15, 0.2) is 11.6 Å². The lowest BCUT2D eigenvalue weighted by atomic mass is 10.1. The number of benzene rings is 1. The van der Waals surface area contributed by atoms with Gasteiger partial charge in [0.1, 0.15) is 0 Å². The summed E-state index contributed by atoms with van der Waals surface area (Å²) in [5, 5.41) is 8.63. The molecule has 0 radical (unpaired) electrons. The molecule has 3 nitrogen and oxygen atoms in total. The summed E-state index contributed by atoms with van der Waals surface area (Å²) in [5.41, 5.74) is 6.71. The van der Waals surface area contributed by atoms with Crippen LogP contribution in [0, 0.1) is 5.82 Å². The first-order valence-corrected chi connectivity index (χ1v) is 6.62. The highest BCUT2D eigenvalue weighted by Crippen LogP contribution is 2.22. The van der Waals surface area contributed by atoms with Gasteiger partial charge in [-0.25, -0.2) is 4.39 Å². The number of ether oxygens (including phenoxy) is 1. The predicted molar refractivity (Wildman–Crippen MR) is 68.9 cm³/mol. The molecule has 1 unspecified atom stereocenters. The van der Waals surface area contributed by atoms with Crippen molar-refractivity contribution in [1.29, 1.82) is 0 Å². The summed E-state index contributed by atoms with van der Waals surface area (Å²) in [6.45, 7) is 0.194. The minimum atomic E-state index is -0.388. The third kappa shape index (κ3) is 4.53. The molecular weight excluding hydrogens is 241 g/mol. The summed E-state index contributed by atoms with van der Waals surface area (Å²) >= 11 is 1.66. The fourth-order valence-electron chi connectivity index (χ4n) is 1.39. The minimum Gasteiger partial charge on any atom is -0.494 e. The van der Waals surface area contributed by atoms with Gasteiger partial charge >= 0.3 is 0 Å². The van der Waals surface area contributed by atoms with Crippen LogP contribution in [0.5, 0.6) is 5.75 Å². The molecule has 0 spiro atoms. The van der Waals surface area contributed by atoms with Gasteiger partial charge in [0.25, 0.3) is 0 Å². The van der Waals surface area contributed by atoms with Crippen LogP contribution in [0.2, 0.25) is 0 Å².